The summed E-state index contributed by atoms with van der Waals surface area (Å²) in [5.74, 6) is 0. The van der Waals surface area contributed by atoms with Gasteiger partial charge >= 0.3 is 8.60 Å². The first kappa shape index (κ1) is 12.1. The molecule has 0 amide bonds. The minimum Gasteiger partial charge on any atom is -0.355 e. The maximum absolute atomic E-state index is 5.52. The number of ether oxygens (including phenoxy) is 1. The van der Waals surface area contributed by atoms with Gasteiger partial charge in [0.15, 0.2) is 15.3 Å². The van der Waals surface area contributed by atoms with Gasteiger partial charge in [-0.2, -0.15) is 0 Å². The molecule has 0 N–H and O–H groups in total. The Bertz CT molecular complexity index is 210. The molecule has 15 heavy (non-hydrogen) atoms. The lowest BCUT2D eigenvalue weighted by Gasteiger charge is -2.44. The Morgan fingerprint density at radius 1 is 1.27 bits per heavy atom. The van der Waals surface area contributed by atoms with Crippen molar-refractivity contribution < 1.29 is 27.4 Å². The molecule has 1 spiro atoms. The molecular formula is C7H14O6P2. The highest BCUT2D eigenvalue weighted by Crippen LogP contribution is 2.51. The summed E-state index contributed by atoms with van der Waals surface area (Å²) < 4.78 is 31.9. The van der Waals surface area contributed by atoms with Gasteiger partial charge in [-0.1, -0.05) is 0 Å². The first-order valence-corrected chi connectivity index (χ1v) is 6.37. The lowest BCUT2D eigenvalue weighted by molar-refractivity contribution is -0.209. The van der Waals surface area contributed by atoms with Crippen molar-refractivity contribution in [3.63, 3.8) is 0 Å². The van der Waals surface area contributed by atoms with E-state index in [0.717, 1.165) is 0 Å². The summed E-state index contributed by atoms with van der Waals surface area (Å²) in [5.41, 5.74) is -0.364. The highest BCUT2D eigenvalue weighted by atomic mass is 31.2. The first-order chi connectivity index (χ1) is 7.30. The quantitative estimate of drug-likeness (QED) is 0.696. The second-order valence-electron chi connectivity index (χ2n) is 3.38. The Balaban J connectivity index is 2.03. The molecule has 88 valence electrons. The SMILES string of the molecule is COC1OP(OC)OCC12COPOC2. The minimum absolute atomic E-state index is 0.0926. The van der Waals surface area contributed by atoms with E-state index in [2.05, 4.69) is 0 Å². The van der Waals surface area contributed by atoms with Gasteiger partial charge in [-0.05, 0) is 0 Å². The third-order valence-electron chi connectivity index (χ3n) is 2.34. The van der Waals surface area contributed by atoms with Crippen LogP contribution in [0.1, 0.15) is 0 Å². The average molecular weight is 256 g/mol. The number of rotatable bonds is 2. The van der Waals surface area contributed by atoms with Gasteiger partial charge in [0, 0.05) is 14.2 Å². The molecule has 0 saturated carbocycles. The van der Waals surface area contributed by atoms with Gasteiger partial charge in [0.2, 0.25) is 0 Å². The van der Waals surface area contributed by atoms with E-state index < -0.39 is 14.9 Å². The monoisotopic (exact) mass is 256 g/mol. The smallest absolute Gasteiger partial charge is 0.334 e. The standard InChI is InChI=1S/C7H14O6P2/c1-8-6-7(3-10-14-11-4-7)5-12-15(9-2)13-6/h6,14H,3-5H2,1-2H3. The summed E-state index contributed by atoms with van der Waals surface area (Å²) in [7, 11) is 1.94. The Labute approximate surface area is 91.4 Å². The van der Waals surface area contributed by atoms with Gasteiger partial charge in [-0.15, -0.1) is 0 Å². The molecule has 8 heteroatoms. The van der Waals surface area contributed by atoms with Crippen LogP contribution in [0.5, 0.6) is 0 Å². The molecule has 0 aromatic rings. The van der Waals surface area contributed by atoms with Crippen LogP contribution >= 0.6 is 17.6 Å². The third-order valence-corrected chi connectivity index (χ3v) is 3.87. The van der Waals surface area contributed by atoms with E-state index in [9.17, 15) is 0 Å². The summed E-state index contributed by atoms with van der Waals surface area (Å²) in [6, 6.07) is 0. The Morgan fingerprint density at radius 3 is 2.60 bits per heavy atom. The molecule has 0 aromatic carbocycles. The van der Waals surface area contributed by atoms with E-state index in [1.165, 1.54) is 0 Å². The van der Waals surface area contributed by atoms with Crippen LogP contribution in [0.25, 0.3) is 0 Å². The largest absolute Gasteiger partial charge is 0.355 e. The van der Waals surface area contributed by atoms with Gasteiger partial charge in [0.25, 0.3) is 0 Å². The van der Waals surface area contributed by atoms with E-state index in [4.69, 9.17) is 27.4 Å². The maximum Gasteiger partial charge on any atom is 0.334 e. The van der Waals surface area contributed by atoms with Crippen molar-refractivity contribution in [2.75, 3.05) is 34.0 Å². The maximum atomic E-state index is 5.52. The van der Waals surface area contributed by atoms with E-state index in [-0.39, 0.29) is 14.4 Å². The van der Waals surface area contributed by atoms with Gasteiger partial charge in [-0.25, -0.2) is 0 Å². The predicted octanol–water partition coefficient (Wildman–Crippen LogP) is 1.42. The molecular weight excluding hydrogens is 242 g/mol. The number of hydrogen-bond donors (Lipinski definition) is 0. The van der Waals surface area contributed by atoms with Crippen molar-refractivity contribution >= 4 is 17.6 Å². The zero-order valence-corrected chi connectivity index (χ0v) is 10.5. The Kier molecular flexibility index (Phi) is 4.27. The molecule has 2 rings (SSSR count). The van der Waals surface area contributed by atoms with Crippen molar-refractivity contribution in [2.45, 2.75) is 6.29 Å². The van der Waals surface area contributed by atoms with Gasteiger partial charge < -0.3 is 22.8 Å². The summed E-state index contributed by atoms with van der Waals surface area (Å²) >= 11 is 0. The molecule has 0 radical (unpaired) electrons. The fraction of sp³-hybridized carbons (Fsp3) is 1.00. The van der Waals surface area contributed by atoms with Crippen molar-refractivity contribution in [3.8, 4) is 0 Å². The summed E-state index contributed by atoms with van der Waals surface area (Å²) in [6.07, 6.45) is -0.401. The molecule has 0 aromatic heterocycles. The van der Waals surface area contributed by atoms with Crippen LogP contribution in [0.15, 0.2) is 0 Å². The molecule has 0 aliphatic carbocycles. The van der Waals surface area contributed by atoms with Crippen LogP contribution in [-0.4, -0.2) is 40.3 Å². The Hall–Kier alpha value is 0.620. The first-order valence-electron chi connectivity index (χ1n) is 4.46. The van der Waals surface area contributed by atoms with Crippen molar-refractivity contribution in [1.29, 1.82) is 0 Å². The summed E-state index contributed by atoms with van der Waals surface area (Å²) in [4.78, 5) is 0. The predicted molar refractivity (Wildman–Crippen MR) is 54.4 cm³/mol. The second kappa shape index (κ2) is 5.30. The molecule has 2 heterocycles. The highest BCUT2D eigenvalue weighted by Gasteiger charge is 2.49. The normalized spacial score (nSPS) is 43.6. The average Bonchev–Trinajstić information content (AvgIpc) is 2.31. The van der Waals surface area contributed by atoms with Gasteiger partial charge in [0.05, 0.1) is 25.2 Å². The zero-order valence-electron chi connectivity index (χ0n) is 8.60. The van der Waals surface area contributed by atoms with Crippen molar-refractivity contribution in [3.05, 3.63) is 0 Å². The highest BCUT2D eigenvalue weighted by molar-refractivity contribution is 7.41. The lowest BCUT2D eigenvalue weighted by Crippen LogP contribution is -2.51. The summed E-state index contributed by atoms with van der Waals surface area (Å²) in [5, 5.41) is 0. The minimum atomic E-state index is -1.30. The van der Waals surface area contributed by atoms with E-state index in [1.54, 1.807) is 14.2 Å². The van der Waals surface area contributed by atoms with Crippen LogP contribution in [0.3, 0.4) is 0 Å². The third kappa shape index (κ3) is 2.48. The van der Waals surface area contributed by atoms with Crippen LogP contribution in [0, 0.1) is 5.41 Å². The molecule has 2 saturated heterocycles. The van der Waals surface area contributed by atoms with Crippen LogP contribution < -0.4 is 0 Å². The molecule has 2 unspecified atom stereocenters. The molecule has 2 aliphatic heterocycles. The molecule has 2 atom stereocenters. The second-order valence-corrected chi connectivity index (χ2v) is 5.40. The van der Waals surface area contributed by atoms with Crippen molar-refractivity contribution in [2.24, 2.45) is 5.41 Å². The topological polar surface area (TPSA) is 55.4 Å². The van der Waals surface area contributed by atoms with Crippen LogP contribution in [0.4, 0.5) is 0 Å². The van der Waals surface area contributed by atoms with E-state index in [1.807, 2.05) is 0 Å². The fourth-order valence-electron chi connectivity index (χ4n) is 1.51. The molecule has 2 fully saturated rings. The molecule has 0 bridgehead atoms. The molecule has 6 nitrogen and oxygen atoms in total. The van der Waals surface area contributed by atoms with E-state index in [0.29, 0.717) is 19.8 Å². The lowest BCUT2D eigenvalue weighted by atomic mass is 9.90. The molecule has 2 aliphatic rings. The number of methoxy groups -OCH3 is 1. The Morgan fingerprint density at radius 2 is 2.00 bits per heavy atom. The van der Waals surface area contributed by atoms with Crippen LogP contribution in [-0.2, 0) is 27.4 Å². The zero-order chi connectivity index (χ0) is 10.7. The van der Waals surface area contributed by atoms with Crippen LogP contribution in [0.2, 0.25) is 0 Å². The number of hydrogen-bond acceptors (Lipinski definition) is 6. The fourth-order valence-corrected chi connectivity index (χ4v) is 3.36. The van der Waals surface area contributed by atoms with Gasteiger partial charge in [-0.3, -0.25) is 4.52 Å². The van der Waals surface area contributed by atoms with Gasteiger partial charge in [0.1, 0.15) is 0 Å². The van der Waals surface area contributed by atoms with E-state index >= 15 is 0 Å². The summed E-state index contributed by atoms with van der Waals surface area (Å²) in [6.45, 7) is 1.52. The van der Waals surface area contributed by atoms with Crippen molar-refractivity contribution in [1.82, 2.24) is 0 Å².